The molecule has 1 aromatic heterocycles. The second-order valence-electron chi connectivity index (χ2n) is 5.57. The van der Waals surface area contributed by atoms with Crippen molar-refractivity contribution in [3.05, 3.63) is 23.9 Å². The first-order chi connectivity index (χ1) is 9.65. The van der Waals surface area contributed by atoms with Gasteiger partial charge >= 0.3 is 0 Å². The smallest absolute Gasteiger partial charge is 0.189 e. The molecule has 0 unspecified atom stereocenters. The molecule has 3 N–H and O–H groups in total. The summed E-state index contributed by atoms with van der Waals surface area (Å²) in [6, 6.07) is 4.43. The van der Waals surface area contributed by atoms with Gasteiger partial charge in [-0.3, -0.25) is 0 Å². The molecule has 2 rings (SSSR count). The molecule has 5 nitrogen and oxygen atoms in total. The SMILES string of the molecule is CC(C)NC(N)=NCc1ccnc(N2CCCCC2)c1.I. The van der Waals surface area contributed by atoms with Crippen LogP contribution < -0.4 is 16.0 Å². The van der Waals surface area contributed by atoms with E-state index in [9.17, 15) is 0 Å². The second kappa shape index (κ2) is 9.07. The van der Waals surface area contributed by atoms with E-state index in [2.05, 4.69) is 26.3 Å². The van der Waals surface area contributed by atoms with Crippen LogP contribution in [0.3, 0.4) is 0 Å². The Hall–Kier alpha value is -1.05. The van der Waals surface area contributed by atoms with Crippen LogP contribution >= 0.6 is 24.0 Å². The zero-order valence-electron chi connectivity index (χ0n) is 12.9. The summed E-state index contributed by atoms with van der Waals surface area (Å²) in [6.45, 7) is 6.90. The Morgan fingerprint density at radius 2 is 2.10 bits per heavy atom. The molecule has 0 atom stereocenters. The molecule has 1 aliphatic rings. The number of aromatic nitrogens is 1. The summed E-state index contributed by atoms with van der Waals surface area (Å²) in [5.74, 6) is 1.56. The number of nitrogens with zero attached hydrogens (tertiary/aromatic N) is 3. The summed E-state index contributed by atoms with van der Waals surface area (Å²) in [6.07, 6.45) is 5.71. The second-order valence-corrected chi connectivity index (χ2v) is 5.57. The van der Waals surface area contributed by atoms with Gasteiger partial charge in [-0.15, -0.1) is 24.0 Å². The molecule has 21 heavy (non-hydrogen) atoms. The number of rotatable bonds is 4. The number of aliphatic imine (C=N–C) groups is 1. The molecule has 6 heteroatoms. The average molecular weight is 403 g/mol. The van der Waals surface area contributed by atoms with Crippen LogP contribution in [0, 0.1) is 0 Å². The molecule has 1 fully saturated rings. The van der Waals surface area contributed by atoms with Gasteiger partial charge < -0.3 is 16.0 Å². The quantitative estimate of drug-likeness (QED) is 0.461. The molecule has 118 valence electrons. The predicted molar refractivity (Wildman–Crippen MR) is 99.3 cm³/mol. The van der Waals surface area contributed by atoms with E-state index in [-0.39, 0.29) is 24.0 Å². The number of guanidine groups is 1. The molecular formula is C15H26IN5. The van der Waals surface area contributed by atoms with Crippen LogP contribution in [-0.4, -0.2) is 30.1 Å². The number of nitrogens with one attached hydrogen (secondary N) is 1. The summed E-state index contributed by atoms with van der Waals surface area (Å²) < 4.78 is 0. The first kappa shape index (κ1) is 18.0. The lowest BCUT2D eigenvalue weighted by Gasteiger charge is -2.27. The van der Waals surface area contributed by atoms with Crippen molar-refractivity contribution >= 4 is 35.8 Å². The van der Waals surface area contributed by atoms with E-state index in [4.69, 9.17) is 5.73 Å². The molecule has 0 aromatic carbocycles. The highest BCUT2D eigenvalue weighted by atomic mass is 127. The Labute approximate surface area is 144 Å². The normalized spacial score (nSPS) is 15.8. The standard InChI is InChI=1S/C15H25N5.HI/c1-12(2)19-15(16)18-11-13-6-7-17-14(10-13)20-8-4-3-5-9-20;/h6-7,10,12H,3-5,8-9,11H2,1-2H3,(H3,16,18,19);1H. The van der Waals surface area contributed by atoms with Crippen molar-refractivity contribution in [2.75, 3.05) is 18.0 Å². The van der Waals surface area contributed by atoms with E-state index in [0.29, 0.717) is 18.5 Å². The van der Waals surface area contributed by atoms with Crippen LogP contribution in [0.5, 0.6) is 0 Å². The van der Waals surface area contributed by atoms with Crippen LogP contribution in [0.4, 0.5) is 5.82 Å². The number of hydrogen-bond acceptors (Lipinski definition) is 3. The molecule has 1 aliphatic heterocycles. The van der Waals surface area contributed by atoms with Crippen LogP contribution in [0.25, 0.3) is 0 Å². The summed E-state index contributed by atoms with van der Waals surface area (Å²) in [7, 11) is 0. The molecular weight excluding hydrogens is 377 g/mol. The van der Waals surface area contributed by atoms with Crippen molar-refractivity contribution < 1.29 is 0 Å². The third kappa shape index (κ3) is 6.07. The lowest BCUT2D eigenvalue weighted by Crippen LogP contribution is -2.36. The molecule has 2 heterocycles. The third-order valence-corrected chi connectivity index (χ3v) is 3.36. The largest absolute Gasteiger partial charge is 0.370 e. The van der Waals surface area contributed by atoms with Crippen LogP contribution in [0.1, 0.15) is 38.7 Å². The highest BCUT2D eigenvalue weighted by molar-refractivity contribution is 14.0. The van der Waals surface area contributed by atoms with Crippen molar-refractivity contribution in [1.29, 1.82) is 0 Å². The molecule has 0 spiro atoms. The maximum atomic E-state index is 5.82. The maximum absolute atomic E-state index is 5.82. The van der Waals surface area contributed by atoms with Gasteiger partial charge in [0.05, 0.1) is 6.54 Å². The van der Waals surface area contributed by atoms with Gasteiger partial charge in [-0.2, -0.15) is 0 Å². The predicted octanol–water partition coefficient (Wildman–Crippen LogP) is 2.50. The van der Waals surface area contributed by atoms with Crippen LogP contribution in [0.2, 0.25) is 0 Å². The molecule has 0 aliphatic carbocycles. The molecule has 1 aromatic rings. The summed E-state index contributed by atoms with van der Waals surface area (Å²) in [5.41, 5.74) is 6.96. The fraction of sp³-hybridized carbons (Fsp3) is 0.600. The summed E-state index contributed by atoms with van der Waals surface area (Å²) >= 11 is 0. The van der Waals surface area contributed by atoms with Gasteiger partial charge in [0.25, 0.3) is 0 Å². The van der Waals surface area contributed by atoms with Gasteiger partial charge in [-0.25, -0.2) is 9.98 Å². The fourth-order valence-corrected chi connectivity index (χ4v) is 2.37. The van der Waals surface area contributed by atoms with Crippen LogP contribution in [0.15, 0.2) is 23.3 Å². The van der Waals surface area contributed by atoms with Gasteiger partial charge in [-0.05, 0) is 50.8 Å². The van der Waals surface area contributed by atoms with Crippen molar-refractivity contribution in [2.45, 2.75) is 45.7 Å². The molecule has 1 saturated heterocycles. The minimum atomic E-state index is 0. The van der Waals surface area contributed by atoms with E-state index in [1.165, 1.54) is 19.3 Å². The highest BCUT2D eigenvalue weighted by Gasteiger charge is 2.12. The Balaban J connectivity index is 0.00000220. The van der Waals surface area contributed by atoms with E-state index < -0.39 is 0 Å². The summed E-state index contributed by atoms with van der Waals surface area (Å²) in [4.78, 5) is 11.2. The number of pyridine rings is 1. The number of anilines is 1. The summed E-state index contributed by atoms with van der Waals surface area (Å²) in [5, 5.41) is 3.09. The number of halogens is 1. The maximum Gasteiger partial charge on any atom is 0.189 e. The topological polar surface area (TPSA) is 66.5 Å². The Kier molecular flexibility index (Phi) is 7.77. The zero-order chi connectivity index (χ0) is 14.4. The van der Waals surface area contributed by atoms with Gasteiger partial charge in [0, 0.05) is 25.3 Å². The van der Waals surface area contributed by atoms with E-state index in [0.717, 1.165) is 24.5 Å². The minimum absolute atomic E-state index is 0. The van der Waals surface area contributed by atoms with Crippen molar-refractivity contribution in [2.24, 2.45) is 10.7 Å². The van der Waals surface area contributed by atoms with Crippen molar-refractivity contribution in [1.82, 2.24) is 10.3 Å². The van der Waals surface area contributed by atoms with E-state index in [1.54, 1.807) is 0 Å². The number of hydrogen-bond donors (Lipinski definition) is 2. The Morgan fingerprint density at radius 1 is 1.38 bits per heavy atom. The van der Waals surface area contributed by atoms with E-state index in [1.807, 2.05) is 26.1 Å². The number of nitrogens with two attached hydrogens (primary N) is 1. The Morgan fingerprint density at radius 3 is 2.76 bits per heavy atom. The van der Waals surface area contributed by atoms with Gasteiger partial charge in [-0.1, -0.05) is 0 Å². The van der Waals surface area contributed by atoms with Crippen molar-refractivity contribution in [3.8, 4) is 0 Å². The highest BCUT2D eigenvalue weighted by Crippen LogP contribution is 2.18. The lowest BCUT2D eigenvalue weighted by molar-refractivity contribution is 0.573. The Bertz CT molecular complexity index is 455. The molecule has 0 amide bonds. The first-order valence-corrected chi connectivity index (χ1v) is 7.41. The monoisotopic (exact) mass is 403 g/mol. The fourth-order valence-electron chi connectivity index (χ4n) is 2.37. The first-order valence-electron chi connectivity index (χ1n) is 7.41. The van der Waals surface area contributed by atoms with E-state index >= 15 is 0 Å². The molecule has 0 radical (unpaired) electrons. The lowest BCUT2D eigenvalue weighted by atomic mass is 10.1. The average Bonchev–Trinajstić information content (AvgIpc) is 2.46. The zero-order valence-corrected chi connectivity index (χ0v) is 15.2. The van der Waals surface area contributed by atoms with Gasteiger partial charge in [0.1, 0.15) is 5.82 Å². The van der Waals surface area contributed by atoms with Gasteiger partial charge in [0.2, 0.25) is 0 Å². The number of piperidine rings is 1. The minimum Gasteiger partial charge on any atom is -0.370 e. The molecule has 0 bridgehead atoms. The molecule has 0 saturated carbocycles. The van der Waals surface area contributed by atoms with Crippen LogP contribution in [-0.2, 0) is 6.54 Å². The van der Waals surface area contributed by atoms with Gasteiger partial charge in [0.15, 0.2) is 5.96 Å². The van der Waals surface area contributed by atoms with Crippen molar-refractivity contribution in [3.63, 3.8) is 0 Å². The third-order valence-electron chi connectivity index (χ3n) is 3.36.